The van der Waals surface area contributed by atoms with Gasteiger partial charge in [-0.05, 0) is 18.2 Å². The molecule has 16 heavy (non-hydrogen) atoms. The van der Waals surface area contributed by atoms with Crippen molar-refractivity contribution in [2.75, 3.05) is 5.01 Å². The molecule has 6 heteroatoms. The second-order valence-corrected chi connectivity index (χ2v) is 3.70. The number of benzene rings is 1. The molecule has 0 aliphatic carbocycles. The van der Waals surface area contributed by atoms with E-state index in [0.29, 0.717) is 5.69 Å². The van der Waals surface area contributed by atoms with Crippen LogP contribution in [0.1, 0.15) is 0 Å². The molecule has 1 aromatic carbocycles. The van der Waals surface area contributed by atoms with Crippen LogP contribution in [0.25, 0.3) is 0 Å². The third-order valence-electron chi connectivity index (χ3n) is 2.15. The number of hydrogen-bond acceptors (Lipinski definition) is 2. The lowest BCUT2D eigenvalue weighted by molar-refractivity contribution is -0.142. The van der Waals surface area contributed by atoms with Crippen LogP contribution in [0.4, 0.5) is 18.9 Å². The number of alkyl halides is 3. The van der Waals surface area contributed by atoms with Gasteiger partial charge in [0.05, 0.1) is 5.69 Å². The zero-order valence-corrected chi connectivity index (χ0v) is 8.76. The molecule has 1 N–H and O–H groups in total. The molecule has 1 aromatic rings. The van der Waals surface area contributed by atoms with Gasteiger partial charge in [0.1, 0.15) is 11.2 Å². The lowest BCUT2D eigenvalue weighted by atomic mass is 10.3. The van der Waals surface area contributed by atoms with Crippen molar-refractivity contribution in [3.63, 3.8) is 0 Å². The van der Waals surface area contributed by atoms with E-state index in [-0.39, 0.29) is 5.16 Å². The standard InChI is InChI=1S/C10H8ClF3N2/c11-9-6-8(10(12,13)14)15-16(9)7-4-2-1-3-5-7/h1-6,8,15H. The summed E-state index contributed by atoms with van der Waals surface area (Å²) in [4.78, 5) is 0. The quantitative estimate of drug-likeness (QED) is 0.769. The molecule has 0 saturated carbocycles. The van der Waals surface area contributed by atoms with Crippen molar-refractivity contribution in [2.45, 2.75) is 12.2 Å². The molecule has 0 fully saturated rings. The average Bonchev–Trinajstić information content (AvgIpc) is 2.61. The summed E-state index contributed by atoms with van der Waals surface area (Å²) < 4.78 is 37.3. The van der Waals surface area contributed by atoms with E-state index in [1.165, 1.54) is 5.01 Å². The fraction of sp³-hybridized carbons (Fsp3) is 0.200. The maximum absolute atomic E-state index is 12.4. The smallest absolute Gasteiger partial charge is 0.265 e. The molecular weight excluding hydrogens is 241 g/mol. The molecule has 2 rings (SSSR count). The molecule has 0 spiro atoms. The largest absolute Gasteiger partial charge is 0.409 e. The van der Waals surface area contributed by atoms with Gasteiger partial charge in [0.15, 0.2) is 0 Å². The first-order valence-electron chi connectivity index (χ1n) is 4.54. The lowest BCUT2D eigenvalue weighted by Crippen LogP contribution is -2.44. The van der Waals surface area contributed by atoms with Gasteiger partial charge < -0.3 is 0 Å². The highest BCUT2D eigenvalue weighted by Gasteiger charge is 2.43. The first kappa shape index (κ1) is 11.3. The minimum Gasteiger partial charge on any atom is -0.265 e. The molecule has 1 heterocycles. The van der Waals surface area contributed by atoms with Gasteiger partial charge in [0.2, 0.25) is 0 Å². The van der Waals surface area contributed by atoms with Crippen LogP contribution in [0.3, 0.4) is 0 Å². The fourth-order valence-electron chi connectivity index (χ4n) is 1.39. The van der Waals surface area contributed by atoms with Crippen LogP contribution < -0.4 is 10.4 Å². The highest BCUT2D eigenvalue weighted by Crippen LogP contribution is 2.31. The normalized spacial score (nSPS) is 21.1. The SMILES string of the molecule is FC(F)(F)C1C=C(Cl)N(c2ccccc2)N1. The zero-order valence-electron chi connectivity index (χ0n) is 8.00. The van der Waals surface area contributed by atoms with E-state index in [1.807, 2.05) is 0 Å². The molecule has 86 valence electrons. The number of halogens is 4. The first-order valence-corrected chi connectivity index (χ1v) is 4.91. The number of hydrogen-bond donors (Lipinski definition) is 1. The van der Waals surface area contributed by atoms with Crippen LogP contribution in [-0.2, 0) is 0 Å². The van der Waals surface area contributed by atoms with Crippen molar-refractivity contribution in [3.8, 4) is 0 Å². The molecule has 1 aliphatic heterocycles. The van der Waals surface area contributed by atoms with Gasteiger partial charge in [-0.1, -0.05) is 29.8 Å². The predicted molar refractivity (Wildman–Crippen MR) is 55.8 cm³/mol. The van der Waals surface area contributed by atoms with E-state index in [4.69, 9.17) is 11.6 Å². The van der Waals surface area contributed by atoms with Gasteiger partial charge in [0.25, 0.3) is 0 Å². The molecular formula is C10H8ClF3N2. The van der Waals surface area contributed by atoms with Gasteiger partial charge in [-0.15, -0.1) is 0 Å². The summed E-state index contributed by atoms with van der Waals surface area (Å²) in [6.45, 7) is 0. The number of para-hydroxylation sites is 1. The summed E-state index contributed by atoms with van der Waals surface area (Å²) in [5.74, 6) is 0. The van der Waals surface area contributed by atoms with E-state index in [0.717, 1.165) is 6.08 Å². The number of anilines is 1. The van der Waals surface area contributed by atoms with Crippen LogP contribution >= 0.6 is 11.6 Å². The van der Waals surface area contributed by atoms with E-state index >= 15 is 0 Å². The second-order valence-electron chi connectivity index (χ2n) is 3.31. The average molecular weight is 249 g/mol. The number of nitrogens with one attached hydrogen (secondary N) is 1. The van der Waals surface area contributed by atoms with Crippen molar-refractivity contribution in [2.24, 2.45) is 0 Å². The summed E-state index contributed by atoms with van der Waals surface area (Å²) in [5, 5.41) is 1.23. The van der Waals surface area contributed by atoms with Crippen molar-refractivity contribution in [3.05, 3.63) is 41.6 Å². The summed E-state index contributed by atoms with van der Waals surface area (Å²) in [6.07, 6.45) is -3.40. The number of nitrogens with zero attached hydrogens (tertiary/aromatic N) is 1. The van der Waals surface area contributed by atoms with Crippen molar-refractivity contribution in [1.29, 1.82) is 0 Å². The predicted octanol–water partition coefficient (Wildman–Crippen LogP) is 3.02. The zero-order chi connectivity index (χ0) is 11.8. The topological polar surface area (TPSA) is 15.3 Å². The van der Waals surface area contributed by atoms with Gasteiger partial charge in [-0.3, -0.25) is 5.01 Å². The van der Waals surface area contributed by atoms with Crippen LogP contribution in [0.15, 0.2) is 41.6 Å². The van der Waals surface area contributed by atoms with Gasteiger partial charge >= 0.3 is 6.18 Å². The van der Waals surface area contributed by atoms with E-state index in [1.54, 1.807) is 30.3 Å². The summed E-state index contributed by atoms with van der Waals surface area (Å²) in [6, 6.07) is 6.83. The van der Waals surface area contributed by atoms with Crippen LogP contribution in [0.2, 0.25) is 0 Å². The molecule has 0 radical (unpaired) electrons. The lowest BCUT2D eigenvalue weighted by Gasteiger charge is -2.22. The summed E-state index contributed by atoms with van der Waals surface area (Å²) in [5.41, 5.74) is 2.85. The minimum absolute atomic E-state index is 0.0218. The minimum atomic E-state index is -4.34. The van der Waals surface area contributed by atoms with Crippen LogP contribution in [-0.4, -0.2) is 12.2 Å². The van der Waals surface area contributed by atoms with Crippen molar-refractivity contribution in [1.82, 2.24) is 5.43 Å². The molecule has 1 atom stereocenters. The Kier molecular flexibility index (Phi) is 2.82. The Bertz CT molecular complexity index is 402. The first-order chi connectivity index (χ1) is 7.48. The van der Waals surface area contributed by atoms with Gasteiger partial charge in [0, 0.05) is 0 Å². The highest BCUT2D eigenvalue weighted by atomic mass is 35.5. The Hall–Kier alpha value is -1.20. The monoisotopic (exact) mass is 248 g/mol. The molecule has 0 bridgehead atoms. The highest BCUT2D eigenvalue weighted by molar-refractivity contribution is 6.31. The molecule has 2 nitrogen and oxygen atoms in total. The Balaban J connectivity index is 2.21. The summed E-state index contributed by atoms with van der Waals surface area (Å²) >= 11 is 5.74. The van der Waals surface area contributed by atoms with Gasteiger partial charge in [-0.2, -0.15) is 13.2 Å². The maximum Gasteiger partial charge on any atom is 0.409 e. The fourth-order valence-corrected chi connectivity index (χ4v) is 1.67. The molecule has 0 aromatic heterocycles. The van der Waals surface area contributed by atoms with Gasteiger partial charge in [-0.25, -0.2) is 5.43 Å². The molecule has 1 aliphatic rings. The maximum atomic E-state index is 12.4. The third kappa shape index (κ3) is 2.15. The van der Waals surface area contributed by atoms with Crippen LogP contribution in [0.5, 0.6) is 0 Å². The van der Waals surface area contributed by atoms with Crippen LogP contribution in [0, 0.1) is 0 Å². The molecule has 1 unspecified atom stereocenters. The van der Waals surface area contributed by atoms with E-state index in [9.17, 15) is 13.2 Å². The Morgan fingerprint density at radius 3 is 2.31 bits per heavy atom. The molecule has 0 saturated heterocycles. The third-order valence-corrected chi connectivity index (χ3v) is 2.45. The Morgan fingerprint density at radius 1 is 1.19 bits per heavy atom. The van der Waals surface area contributed by atoms with Crippen molar-refractivity contribution < 1.29 is 13.2 Å². The molecule has 0 amide bonds. The Labute approximate surface area is 95.3 Å². The van der Waals surface area contributed by atoms with E-state index < -0.39 is 12.2 Å². The Morgan fingerprint density at radius 2 is 1.81 bits per heavy atom. The second kappa shape index (κ2) is 3.99. The van der Waals surface area contributed by atoms with E-state index in [2.05, 4.69) is 5.43 Å². The number of rotatable bonds is 1. The summed E-state index contributed by atoms with van der Waals surface area (Å²) in [7, 11) is 0. The van der Waals surface area contributed by atoms with Crippen molar-refractivity contribution >= 4 is 17.3 Å². The number of hydrazine groups is 1.